The van der Waals surface area contributed by atoms with Gasteiger partial charge >= 0.3 is 0 Å². The van der Waals surface area contributed by atoms with Crippen LogP contribution in [-0.4, -0.2) is 140 Å². The van der Waals surface area contributed by atoms with Crippen LogP contribution < -0.4 is 0 Å². The number of aromatic nitrogens is 4. The highest BCUT2D eigenvalue weighted by atomic mass is 16.3. The second-order valence-electron chi connectivity index (χ2n) is 15.8. The first-order valence-electron chi connectivity index (χ1n) is 22.2. The third-order valence-electron chi connectivity index (χ3n) is 10.3. The van der Waals surface area contributed by atoms with E-state index in [9.17, 15) is 20.4 Å². The smallest absolute Gasteiger partial charge is 0.142 e. The molecule has 4 heterocycles. The number of aliphatic imine (C=N–C) groups is 4. The average molecular weight is 849 g/mol. The number of aryl methyl sites for hydroxylation is 4. The lowest BCUT2D eigenvalue weighted by Crippen LogP contribution is -2.28. The van der Waals surface area contributed by atoms with Gasteiger partial charge in [-0.05, 0) is 154 Å². The van der Waals surface area contributed by atoms with Gasteiger partial charge in [0, 0.05) is 49.0 Å². The molecule has 0 fully saturated rings. The Balaban J connectivity index is 1.19. The van der Waals surface area contributed by atoms with Gasteiger partial charge in [-0.1, -0.05) is 25.7 Å². The maximum Gasteiger partial charge on any atom is 0.142 e. The predicted octanol–water partition coefficient (Wildman–Crippen LogP) is 7.60. The summed E-state index contributed by atoms with van der Waals surface area (Å²) in [5.41, 5.74) is 5.38. The fourth-order valence-electron chi connectivity index (χ4n) is 6.85. The third-order valence-corrected chi connectivity index (χ3v) is 10.3. The predicted molar refractivity (Wildman–Crippen MR) is 251 cm³/mol. The maximum absolute atomic E-state index is 10.1. The van der Waals surface area contributed by atoms with Gasteiger partial charge in [-0.25, -0.2) is 19.9 Å². The lowest BCUT2D eigenvalue weighted by molar-refractivity contribution is 0.259. The molecule has 4 rings (SSSR count). The molecular formula is C48H68N10O4. The summed E-state index contributed by atoms with van der Waals surface area (Å²) in [5, 5.41) is 40.4. The molecule has 0 saturated heterocycles. The molecule has 4 aromatic heterocycles. The first-order valence-corrected chi connectivity index (χ1v) is 22.2. The molecular weight excluding hydrogens is 781 g/mol. The summed E-state index contributed by atoms with van der Waals surface area (Å²) in [7, 11) is 0. The summed E-state index contributed by atoms with van der Waals surface area (Å²) in [6.07, 6.45) is 17.3. The summed E-state index contributed by atoms with van der Waals surface area (Å²) in [4.78, 5) is 40.7. The standard InChI is InChI=1S/C48H68N10O4/c1-37-15-19-45(59)41(53-37)33-49-23-11-29-57(30-12-24-50-34-42-46(60)20-16-38(2)54-42)27-9-7-5-6-8-10-28-58(31-13-25-51-35-43-47(61)21-17-39(3)55-43)32-14-26-52-36-44-48(62)22-18-40(4)56-44/h15-22,33-36,59-62H,5-14,23-32H2,1-4H3. The zero-order valence-corrected chi connectivity index (χ0v) is 37.3. The lowest BCUT2D eigenvalue weighted by Gasteiger charge is -2.22. The molecule has 62 heavy (non-hydrogen) atoms. The molecule has 0 unspecified atom stereocenters. The van der Waals surface area contributed by atoms with Crippen molar-refractivity contribution in [3.8, 4) is 23.0 Å². The number of nitrogens with zero attached hydrogens (tertiary/aromatic N) is 10. The third kappa shape index (κ3) is 19.4. The number of unbranched alkanes of at least 4 members (excludes halogenated alkanes) is 5. The van der Waals surface area contributed by atoms with Crippen LogP contribution in [0, 0.1) is 27.7 Å². The fraction of sp³-hybridized carbons (Fsp3) is 0.500. The first kappa shape index (κ1) is 49.1. The van der Waals surface area contributed by atoms with Gasteiger partial charge in [-0.15, -0.1) is 0 Å². The Morgan fingerprint density at radius 1 is 0.355 bits per heavy atom. The number of hydrogen-bond acceptors (Lipinski definition) is 14. The highest BCUT2D eigenvalue weighted by Crippen LogP contribution is 2.16. The first-order chi connectivity index (χ1) is 30.1. The van der Waals surface area contributed by atoms with Crippen LogP contribution in [0.4, 0.5) is 0 Å². The van der Waals surface area contributed by atoms with Crippen molar-refractivity contribution in [2.24, 2.45) is 20.0 Å². The van der Waals surface area contributed by atoms with Crippen LogP contribution >= 0.6 is 0 Å². The summed E-state index contributed by atoms with van der Waals surface area (Å²) in [6.45, 7) is 16.0. The van der Waals surface area contributed by atoms with E-state index >= 15 is 0 Å². The SMILES string of the molecule is Cc1ccc(O)c(C=NCCCN(CCCCCCCCN(CCCN=Cc2nc(C)ccc2O)CCCN=Cc2nc(C)ccc2O)CCCN=Cc2nc(C)ccc2O)n1. The Morgan fingerprint density at radius 3 is 0.839 bits per heavy atom. The van der Waals surface area contributed by atoms with Crippen molar-refractivity contribution in [3.63, 3.8) is 0 Å². The van der Waals surface area contributed by atoms with Crippen molar-refractivity contribution in [1.82, 2.24) is 29.7 Å². The molecule has 0 aliphatic heterocycles. The van der Waals surface area contributed by atoms with E-state index in [-0.39, 0.29) is 23.0 Å². The molecule has 0 radical (unpaired) electrons. The van der Waals surface area contributed by atoms with Gasteiger partial charge in [-0.2, -0.15) is 0 Å². The van der Waals surface area contributed by atoms with Gasteiger partial charge in [0.25, 0.3) is 0 Å². The Morgan fingerprint density at radius 2 is 0.581 bits per heavy atom. The summed E-state index contributed by atoms with van der Waals surface area (Å²) >= 11 is 0. The normalized spacial score (nSPS) is 12.2. The second-order valence-corrected chi connectivity index (χ2v) is 15.8. The number of pyridine rings is 4. The van der Waals surface area contributed by atoms with Gasteiger partial charge in [0.05, 0.1) is 24.9 Å². The van der Waals surface area contributed by atoms with Crippen molar-refractivity contribution in [2.75, 3.05) is 65.4 Å². The van der Waals surface area contributed by atoms with Gasteiger partial charge < -0.3 is 30.2 Å². The Bertz CT molecular complexity index is 1770. The van der Waals surface area contributed by atoms with Gasteiger partial charge in [0.1, 0.15) is 45.8 Å². The summed E-state index contributed by atoms with van der Waals surface area (Å²) < 4.78 is 0. The van der Waals surface area contributed by atoms with Gasteiger partial charge in [0.15, 0.2) is 0 Å². The lowest BCUT2D eigenvalue weighted by atomic mass is 10.1. The van der Waals surface area contributed by atoms with Gasteiger partial charge in [-0.3, -0.25) is 20.0 Å². The highest BCUT2D eigenvalue weighted by Gasteiger charge is 2.08. The molecule has 0 bridgehead atoms. The van der Waals surface area contributed by atoms with Crippen molar-refractivity contribution < 1.29 is 20.4 Å². The number of rotatable bonds is 29. The minimum Gasteiger partial charge on any atom is -0.506 e. The summed E-state index contributed by atoms with van der Waals surface area (Å²) in [5.74, 6) is 0.561. The van der Waals surface area contributed by atoms with E-state index in [2.05, 4.69) is 49.7 Å². The summed E-state index contributed by atoms with van der Waals surface area (Å²) in [6, 6.07) is 13.7. The van der Waals surface area contributed by atoms with Crippen LogP contribution in [-0.2, 0) is 0 Å². The van der Waals surface area contributed by atoms with E-state index in [1.54, 1.807) is 73.4 Å². The molecule has 0 aliphatic rings. The molecule has 0 amide bonds. The van der Waals surface area contributed by atoms with Crippen LogP contribution in [0.3, 0.4) is 0 Å². The zero-order chi connectivity index (χ0) is 44.4. The highest BCUT2D eigenvalue weighted by molar-refractivity contribution is 5.82. The Kier molecular flexibility index (Phi) is 22.2. The van der Waals surface area contributed by atoms with Crippen molar-refractivity contribution in [1.29, 1.82) is 0 Å². The molecule has 14 heteroatoms. The molecule has 4 N–H and O–H groups in total. The van der Waals surface area contributed by atoms with E-state index in [1.165, 1.54) is 25.7 Å². The van der Waals surface area contributed by atoms with E-state index in [0.29, 0.717) is 49.0 Å². The van der Waals surface area contributed by atoms with Crippen molar-refractivity contribution in [2.45, 2.75) is 91.9 Å². The van der Waals surface area contributed by atoms with Crippen LogP contribution in [0.1, 0.15) is 110 Å². The molecule has 0 spiro atoms. The van der Waals surface area contributed by atoms with Crippen LogP contribution in [0.25, 0.3) is 0 Å². The topological polar surface area (TPSA) is 188 Å². The van der Waals surface area contributed by atoms with Crippen LogP contribution in [0.15, 0.2) is 68.5 Å². The largest absolute Gasteiger partial charge is 0.506 e. The minimum atomic E-state index is 0.140. The second kappa shape index (κ2) is 28.1. The van der Waals surface area contributed by atoms with Gasteiger partial charge in [0.2, 0.25) is 0 Å². The Hall–Kier alpha value is -5.60. The molecule has 4 aromatic rings. The van der Waals surface area contributed by atoms with Crippen LogP contribution in [0.5, 0.6) is 23.0 Å². The molecule has 14 nitrogen and oxygen atoms in total. The molecule has 334 valence electrons. The van der Waals surface area contributed by atoms with Crippen molar-refractivity contribution >= 4 is 24.9 Å². The maximum atomic E-state index is 10.1. The van der Waals surface area contributed by atoms with E-state index < -0.39 is 0 Å². The average Bonchev–Trinajstić information content (AvgIpc) is 3.25. The Labute approximate surface area is 368 Å². The minimum absolute atomic E-state index is 0.140. The van der Waals surface area contributed by atoms with Crippen LogP contribution in [0.2, 0.25) is 0 Å². The molecule has 0 aliphatic carbocycles. The number of hydrogen-bond donors (Lipinski definition) is 4. The quantitative estimate of drug-likeness (QED) is 0.0313. The molecule has 0 saturated carbocycles. The van der Waals surface area contributed by atoms with E-state index in [4.69, 9.17) is 0 Å². The van der Waals surface area contributed by atoms with E-state index in [1.807, 2.05) is 27.7 Å². The number of aromatic hydroxyl groups is 4. The molecule has 0 aromatic carbocycles. The zero-order valence-electron chi connectivity index (χ0n) is 37.3. The fourth-order valence-corrected chi connectivity index (χ4v) is 6.85. The molecule has 0 atom stereocenters. The van der Waals surface area contributed by atoms with E-state index in [0.717, 1.165) is 101 Å². The monoisotopic (exact) mass is 849 g/mol. The van der Waals surface area contributed by atoms with Crippen molar-refractivity contribution in [3.05, 3.63) is 94.1 Å².